The third-order valence-corrected chi connectivity index (χ3v) is 1.19. The van der Waals surface area contributed by atoms with Gasteiger partial charge in [-0.25, -0.2) is 0 Å². The van der Waals surface area contributed by atoms with Crippen molar-refractivity contribution in [2.45, 2.75) is 27.2 Å². The number of rotatable bonds is 3. The normalized spacial score (nSPS) is 13.0. The fraction of sp³-hybridized carbons (Fsp3) is 1.00. The quantitative estimate of drug-likeness (QED) is 0.654. The Morgan fingerprint density at radius 1 is 1.22 bits per heavy atom. The van der Waals surface area contributed by atoms with Crippen molar-refractivity contribution in [1.82, 2.24) is 0 Å². The van der Waals surface area contributed by atoms with Gasteiger partial charge in [0, 0.05) is 23.7 Å². The second kappa shape index (κ2) is 6.60. The molecule has 0 rings (SSSR count). The topological polar surface area (TPSA) is 20.2 Å². The number of hydrogen-bond acceptors (Lipinski definition) is 1. The van der Waals surface area contributed by atoms with E-state index in [1.165, 1.54) is 0 Å². The maximum Gasteiger partial charge on any atom is 0.0456 e. The van der Waals surface area contributed by atoms with Crippen molar-refractivity contribution >= 4 is 0 Å². The summed E-state index contributed by atoms with van der Waals surface area (Å²) in [5.41, 5.74) is 0. The number of aliphatic hydroxyl groups excluding tert-OH is 1. The third-order valence-electron chi connectivity index (χ3n) is 1.19. The molecule has 0 saturated heterocycles. The molecule has 0 aromatic heterocycles. The molecule has 0 aliphatic heterocycles. The van der Waals surface area contributed by atoms with Gasteiger partial charge in [0.1, 0.15) is 0 Å². The SMILES string of the molecule is CC(C)CC(C)CO.[Cu]. The van der Waals surface area contributed by atoms with Gasteiger partial charge in [0.05, 0.1) is 0 Å². The fourth-order valence-corrected chi connectivity index (χ4v) is 0.879. The van der Waals surface area contributed by atoms with E-state index in [4.69, 9.17) is 5.11 Å². The molecular formula is C7H16CuO. The molecule has 0 bridgehead atoms. The van der Waals surface area contributed by atoms with E-state index in [-0.39, 0.29) is 17.1 Å². The third kappa shape index (κ3) is 8.48. The van der Waals surface area contributed by atoms with Crippen LogP contribution in [0.25, 0.3) is 0 Å². The van der Waals surface area contributed by atoms with Crippen LogP contribution in [0.15, 0.2) is 0 Å². The van der Waals surface area contributed by atoms with Crippen molar-refractivity contribution in [3.63, 3.8) is 0 Å². The Kier molecular flexibility index (Phi) is 8.93. The maximum atomic E-state index is 8.58. The van der Waals surface area contributed by atoms with Crippen LogP contribution in [0.2, 0.25) is 0 Å². The number of aliphatic hydroxyl groups is 1. The van der Waals surface area contributed by atoms with Crippen LogP contribution in [0.5, 0.6) is 0 Å². The molecule has 0 aromatic rings. The molecule has 2 heteroatoms. The van der Waals surface area contributed by atoms with Gasteiger partial charge >= 0.3 is 0 Å². The van der Waals surface area contributed by atoms with Crippen LogP contribution in [0.1, 0.15) is 27.2 Å². The van der Waals surface area contributed by atoms with Gasteiger partial charge in [-0.15, -0.1) is 0 Å². The van der Waals surface area contributed by atoms with Crippen LogP contribution >= 0.6 is 0 Å². The van der Waals surface area contributed by atoms with E-state index in [1.54, 1.807) is 0 Å². The Morgan fingerprint density at radius 2 is 1.67 bits per heavy atom. The molecule has 0 aliphatic carbocycles. The Morgan fingerprint density at radius 3 is 1.78 bits per heavy atom. The van der Waals surface area contributed by atoms with Crippen molar-refractivity contribution in [2.24, 2.45) is 11.8 Å². The summed E-state index contributed by atoms with van der Waals surface area (Å²) in [7, 11) is 0. The molecule has 0 spiro atoms. The van der Waals surface area contributed by atoms with Gasteiger partial charge < -0.3 is 5.11 Å². The first-order valence-electron chi connectivity index (χ1n) is 3.27. The van der Waals surface area contributed by atoms with Gasteiger partial charge in [0.25, 0.3) is 0 Å². The van der Waals surface area contributed by atoms with E-state index in [1.807, 2.05) is 0 Å². The number of hydrogen-bond donors (Lipinski definition) is 1. The van der Waals surface area contributed by atoms with Crippen LogP contribution in [0.3, 0.4) is 0 Å². The molecular weight excluding hydrogens is 164 g/mol. The predicted molar refractivity (Wildman–Crippen MR) is 35.7 cm³/mol. The van der Waals surface area contributed by atoms with Gasteiger partial charge in [-0.2, -0.15) is 0 Å². The first-order chi connectivity index (χ1) is 3.66. The summed E-state index contributed by atoms with van der Waals surface area (Å²) in [6.45, 7) is 6.75. The zero-order valence-corrected chi connectivity index (χ0v) is 7.26. The summed E-state index contributed by atoms with van der Waals surface area (Å²) in [4.78, 5) is 0. The van der Waals surface area contributed by atoms with Crippen molar-refractivity contribution in [3.05, 3.63) is 0 Å². The fourth-order valence-electron chi connectivity index (χ4n) is 0.879. The average molecular weight is 180 g/mol. The van der Waals surface area contributed by atoms with E-state index in [0.717, 1.165) is 12.3 Å². The van der Waals surface area contributed by atoms with E-state index >= 15 is 0 Å². The molecule has 1 nitrogen and oxygen atoms in total. The van der Waals surface area contributed by atoms with Crippen molar-refractivity contribution in [2.75, 3.05) is 6.61 Å². The molecule has 1 radical (unpaired) electrons. The smallest absolute Gasteiger partial charge is 0.0456 e. The van der Waals surface area contributed by atoms with Gasteiger partial charge in [0.15, 0.2) is 0 Å². The summed E-state index contributed by atoms with van der Waals surface area (Å²) >= 11 is 0. The standard InChI is InChI=1S/C7H16O.Cu/c1-6(2)4-7(3)5-8;/h6-8H,4-5H2,1-3H3;. The van der Waals surface area contributed by atoms with Crippen LogP contribution in [-0.4, -0.2) is 11.7 Å². The van der Waals surface area contributed by atoms with Gasteiger partial charge in [-0.1, -0.05) is 20.8 Å². The van der Waals surface area contributed by atoms with Crippen LogP contribution in [0.4, 0.5) is 0 Å². The first kappa shape index (κ1) is 12.2. The molecule has 9 heavy (non-hydrogen) atoms. The summed E-state index contributed by atoms with van der Waals surface area (Å²) in [6, 6.07) is 0. The largest absolute Gasteiger partial charge is 0.396 e. The van der Waals surface area contributed by atoms with E-state index in [9.17, 15) is 0 Å². The van der Waals surface area contributed by atoms with Crippen LogP contribution in [0, 0.1) is 11.8 Å². The summed E-state index contributed by atoms with van der Waals surface area (Å²) < 4.78 is 0. The van der Waals surface area contributed by atoms with Crippen LogP contribution < -0.4 is 0 Å². The van der Waals surface area contributed by atoms with Crippen molar-refractivity contribution < 1.29 is 22.2 Å². The summed E-state index contributed by atoms with van der Waals surface area (Å²) in [5.74, 6) is 1.20. The first-order valence-corrected chi connectivity index (χ1v) is 3.27. The van der Waals surface area contributed by atoms with Gasteiger partial charge in [-0.05, 0) is 18.3 Å². The summed E-state index contributed by atoms with van der Waals surface area (Å²) in [6.07, 6.45) is 1.14. The second-order valence-corrected chi connectivity index (χ2v) is 2.92. The molecule has 1 unspecified atom stereocenters. The minimum absolute atomic E-state index is 0. The minimum Gasteiger partial charge on any atom is -0.396 e. The zero-order valence-electron chi connectivity index (χ0n) is 6.32. The Hall–Kier alpha value is 0.479. The second-order valence-electron chi connectivity index (χ2n) is 2.92. The van der Waals surface area contributed by atoms with Crippen LogP contribution in [-0.2, 0) is 17.1 Å². The molecule has 0 fully saturated rings. The zero-order chi connectivity index (χ0) is 6.57. The molecule has 1 atom stereocenters. The van der Waals surface area contributed by atoms with Gasteiger partial charge in [0.2, 0.25) is 0 Å². The Balaban J connectivity index is 0. The Labute approximate surface area is 68.3 Å². The van der Waals surface area contributed by atoms with Crippen molar-refractivity contribution in [3.8, 4) is 0 Å². The van der Waals surface area contributed by atoms with E-state index in [0.29, 0.717) is 12.5 Å². The molecule has 0 heterocycles. The molecule has 0 aromatic carbocycles. The van der Waals surface area contributed by atoms with E-state index < -0.39 is 0 Å². The van der Waals surface area contributed by atoms with Gasteiger partial charge in [-0.3, -0.25) is 0 Å². The molecule has 0 saturated carbocycles. The predicted octanol–water partition coefficient (Wildman–Crippen LogP) is 1.66. The van der Waals surface area contributed by atoms with E-state index in [2.05, 4.69) is 20.8 Å². The summed E-state index contributed by atoms with van der Waals surface area (Å²) in [5, 5.41) is 8.58. The average Bonchev–Trinajstić information content (AvgIpc) is 1.65. The minimum atomic E-state index is 0. The maximum absolute atomic E-state index is 8.58. The molecule has 61 valence electrons. The molecule has 0 amide bonds. The monoisotopic (exact) mass is 179 g/mol. The molecule has 1 N–H and O–H groups in total. The Bertz CT molecular complexity index is 54.9. The molecule has 0 aliphatic rings. The van der Waals surface area contributed by atoms with Crippen molar-refractivity contribution in [1.29, 1.82) is 0 Å².